The van der Waals surface area contributed by atoms with Crippen LogP contribution in [0.2, 0.25) is 0 Å². The minimum Gasteiger partial charge on any atom is -0.354 e. The highest BCUT2D eigenvalue weighted by Gasteiger charge is 2.31. The van der Waals surface area contributed by atoms with E-state index < -0.39 is 0 Å². The summed E-state index contributed by atoms with van der Waals surface area (Å²) in [5, 5.41) is 7.21. The summed E-state index contributed by atoms with van der Waals surface area (Å²) in [6.07, 6.45) is 24.6. The van der Waals surface area contributed by atoms with Crippen molar-refractivity contribution in [2.75, 3.05) is 0 Å². The van der Waals surface area contributed by atoms with Gasteiger partial charge in [0.2, 0.25) is 0 Å². The van der Waals surface area contributed by atoms with Gasteiger partial charge in [-0.25, -0.2) is 15.0 Å². The van der Waals surface area contributed by atoms with E-state index in [4.69, 9.17) is 15.0 Å². The summed E-state index contributed by atoms with van der Waals surface area (Å²) in [6, 6.07) is 34.3. The molecular weight excluding hydrogens is 675 g/mol. The average Bonchev–Trinajstić information content (AvgIpc) is 3.94. The molecule has 7 nitrogen and oxygen atoms in total. The standard InChI is InChI=1S/C48H39N7/c1-5-16-31(17-6-1)44-50-45(32-18-7-2-8-19-32)52-46(51-44)34-22-15-25-36(30-34)54-40-29-28-38-37-26-13-14-27-39(37)49-42(38)41(40)43-48(54)53-47(33-20-9-3-10-21-33)55(43)35-23-11-4-12-24-35/h1,3-5,7,9-16,18-29,34,46,49H,2,6,8,17,30H2,(H,50,51,52). The van der Waals surface area contributed by atoms with Crippen LogP contribution in [0.3, 0.4) is 0 Å². The van der Waals surface area contributed by atoms with E-state index in [0.29, 0.717) is 0 Å². The zero-order valence-corrected chi connectivity index (χ0v) is 30.4. The van der Waals surface area contributed by atoms with E-state index in [2.05, 4.69) is 171 Å². The summed E-state index contributed by atoms with van der Waals surface area (Å²) in [4.78, 5) is 20.1. The minimum absolute atomic E-state index is 0.0501. The first-order valence-electron chi connectivity index (χ1n) is 19.4. The van der Waals surface area contributed by atoms with E-state index in [-0.39, 0.29) is 12.1 Å². The van der Waals surface area contributed by atoms with Crippen molar-refractivity contribution < 1.29 is 0 Å². The normalized spacial score (nSPS) is 19.7. The van der Waals surface area contributed by atoms with Gasteiger partial charge in [0, 0.05) is 44.7 Å². The number of H-pyrrole nitrogens is 1. The lowest BCUT2D eigenvalue weighted by Crippen LogP contribution is -2.40. The summed E-state index contributed by atoms with van der Waals surface area (Å²) in [5.74, 6) is 2.81. The molecule has 55 heavy (non-hydrogen) atoms. The van der Waals surface area contributed by atoms with Crippen LogP contribution in [0.25, 0.3) is 66.6 Å². The average molecular weight is 714 g/mol. The van der Waals surface area contributed by atoms with Gasteiger partial charge in [-0.15, -0.1) is 0 Å². The fourth-order valence-electron chi connectivity index (χ4n) is 8.75. The number of hydrogen-bond acceptors (Lipinski definition) is 4. The Bertz CT molecular complexity index is 2920. The number of rotatable bonds is 6. The molecule has 0 saturated carbocycles. The number of amidine groups is 2. The monoisotopic (exact) mass is 713 g/mol. The lowest BCUT2D eigenvalue weighted by atomic mass is 9.94. The van der Waals surface area contributed by atoms with Crippen LogP contribution in [0.15, 0.2) is 173 Å². The molecule has 3 aliphatic carbocycles. The summed E-state index contributed by atoms with van der Waals surface area (Å²) in [6.45, 7) is 0. The second-order valence-electron chi connectivity index (χ2n) is 14.7. The molecule has 0 bridgehead atoms. The van der Waals surface area contributed by atoms with Crippen LogP contribution in [0, 0.1) is 5.92 Å². The van der Waals surface area contributed by atoms with Gasteiger partial charge >= 0.3 is 0 Å². The highest BCUT2D eigenvalue weighted by Crippen LogP contribution is 2.43. The first kappa shape index (κ1) is 31.8. The van der Waals surface area contributed by atoms with Gasteiger partial charge in [-0.2, -0.15) is 0 Å². The fourth-order valence-corrected chi connectivity index (χ4v) is 8.75. The zero-order valence-electron chi connectivity index (χ0n) is 30.4. The predicted octanol–water partition coefficient (Wildman–Crippen LogP) is 11.0. The molecule has 266 valence electrons. The number of nitrogens with one attached hydrogen (secondary N) is 2. The van der Waals surface area contributed by atoms with Crippen molar-refractivity contribution in [3.05, 3.63) is 163 Å². The van der Waals surface area contributed by atoms with Crippen LogP contribution in [-0.2, 0) is 0 Å². The van der Waals surface area contributed by atoms with Crippen LogP contribution in [0.4, 0.5) is 0 Å². The van der Waals surface area contributed by atoms with Gasteiger partial charge in [-0.1, -0.05) is 121 Å². The maximum absolute atomic E-state index is 5.57. The highest BCUT2D eigenvalue weighted by molar-refractivity contribution is 6.25. The van der Waals surface area contributed by atoms with Crippen molar-refractivity contribution in [3.8, 4) is 17.1 Å². The van der Waals surface area contributed by atoms with Gasteiger partial charge in [-0.3, -0.25) is 9.13 Å². The Morgan fingerprint density at radius 1 is 0.709 bits per heavy atom. The van der Waals surface area contributed by atoms with Crippen molar-refractivity contribution in [1.82, 2.24) is 24.4 Å². The minimum atomic E-state index is -0.270. The number of nitrogens with zero attached hydrogens (tertiary/aromatic N) is 5. The third kappa shape index (κ3) is 5.29. The Hall–Kier alpha value is -6.73. The van der Waals surface area contributed by atoms with E-state index in [1.54, 1.807) is 0 Å². The summed E-state index contributed by atoms with van der Waals surface area (Å²) in [7, 11) is 0. The molecule has 0 fully saturated rings. The Morgan fingerprint density at radius 3 is 2.38 bits per heavy atom. The lowest BCUT2D eigenvalue weighted by molar-refractivity contribution is 0.516. The van der Waals surface area contributed by atoms with Crippen molar-refractivity contribution in [3.63, 3.8) is 0 Å². The first-order valence-corrected chi connectivity index (χ1v) is 19.4. The number of imidazole rings is 1. The number of aromatic amines is 1. The number of benzene rings is 4. The maximum atomic E-state index is 5.57. The Balaban J connectivity index is 1.12. The second-order valence-corrected chi connectivity index (χ2v) is 14.7. The number of para-hydroxylation sites is 2. The van der Waals surface area contributed by atoms with Crippen LogP contribution in [-0.4, -0.2) is 36.9 Å². The third-order valence-corrected chi connectivity index (χ3v) is 11.4. The molecule has 0 radical (unpaired) electrons. The van der Waals surface area contributed by atoms with E-state index >= 15 is 0 Å². The number of aromatic nitrogens is 4. The molecule has 7 heteroatoms. The second kappa shape index (κ2) is 13.0. The van der Waals surface area contributed by atoms with E-state index in [0.717, 1.165) is 99.5 Å². The third-order valence-electron chi connectivity index (χ3n) is 11.4. The van der Waals surface area contributed by atoms with Gasteiger partial charge in [0.05, 0.1) is 16.4 Å². The van der Waals surface area contributed by atoms with Crippen molar-refractivity contribution >= 4 is 61.2 Å². The molecule has 2 atom stereocenters. The summed E-state index contributed by atoms with van der Waals surface area (Å²) in [5.41, 5.74) is 11.1. The molecule has 4 aliphatic rings. The van der Waals surface area contributed by atoms with Gasteiger partial charge in [-0.05, 0) is 68.0 Å². The van der Waals surface area contributed by atoms with Crippen LogP contribution >= 0.6 is 0 Å². The lowest BCUT2D eigenvalue weighted by Gasteiger charge is -2.29. The first-order chi connectivity index (χ1) is 27.3. The van der Waals surface area contributed by atoms with Crippen LogP contribution in [0.1, 0.15) is 32.1 Å². The summed E-state index contributed by atoms with van der Waals surface area (Å²) < 4.78 is 4.75. The number of fused-ring (bicyclic) bond motifs is 7. The zero-order chi connectivity index (χ0) is 36.3. The number of allylic oxidation sites excluding steroid dienone is 8. The van der Waals surface area contributed by atoms with Crippen molar-refractivity contribution in [2.45, 2.75) is 38.3 Å². The highest BCUT2D eigenvalue weighted by atomic mass is 15.2. The van der Waals surface area contributed by atoms with Crippen molar-refractivity contribution in [2.24, 2.45) is 15.9 Å². The molecule has 11 rings (SSSR count). The topological polar surface area (TPSA) is 75.3 Å². The van der Waals surface area contributed by atoms with Gasteiger partial charge < -0.3 is 10.3 Å². The van der Waals surface area contributed by atoms with E-state index in [1.165, 1.54) is 22.0 Å². The van der Waals surface area contributed by atoms with Gasteiger partial charge in [0.1, 0.15) is 23.0 Å². The molecule has 1 aliphatic heterocycles. The van der Waals surface area contributed by atoms with Gasteiger partial charge in [0.15, 0.2) is 11.8 Å². The molecule has 3 aromatic heterocycles. The number of aliphatic imine (C=N–C) groups is 2. The molecule has 0 saturated heterocycles. The molecule has 2 N–H and O–H groups in total. The van der Waals surface area contributed by atoms with E-state index in [1.807, 2.05) is 0 Å². The quantitative estimate of drug-likeness (QED) is 0.180. The Kier molecular flexibility index (Phi) is 7.50. The molecule has 0 amide bonds. The smallest absolute Gasteiger partial charge is 0.165 e. The SMILES string of the molecule is C1=CCCC(C2=NC(C3C=CC=C(n4c5ccc6c7ccccc7[nH]c6c5c5c4nc(-c4ccccc4)n5-c4ccccc4)C3)N=C(C3=CCCC=C3)N2)=C1. The van der Waals surface area contributed by atoms with Crippen LogP contribution in [0.5, 0.6) is 0 Å². The molecule has 4 aromatic carbocycles. The Labute approximate surface area is 318 Å². The van der Waals surface area contributed by atoms with Crippen molar-refractivity contribution in [1.29, 1.82) is 0 Å². The summed E-state index contributed by atoms with van der Waals surface area (Å²) >= 11 is 0. The maximum Gasteiger partial charge on any atom is 0.165 e. The molecule has 4 heterocycles. The largest absolute Gasteiger partial charge is 0.354 e. The fraction of sp³-hybridized carbons (Fsp3) is 0.146. The van der Waals surface area contributed by atoms with Crippen LogP contribution < -0.4 is 5.32 Å². The number of hydrogen-bond donors (Lipinski definition) is 2. The Morgan fingerprint density at radius 2 is 1.55 bits per heavy atom. The molecule has 2 unspecified atom stereocenters. The molecular formula is C48H39N7. The van der Waals surface area contributed by atoms with Gasteiger partial charge in [0.25, 0.3) is 0 Å². The molecule has 7 aromatic rings. The molecule has 0 spiro atoms. The van der Waals surface area contributed by atoms with E-state index in [9.17, 15) is 0 Å². The predicted molar refractivity (Wildman–Crippen MR) is 228 cm³/mol.